The van der Waals surface area contributed by atoms with Gasteiger partial charge in [-0.1, -0.05) is 6.07 Å². The Balaban J connectivity index is 0.000000324. The Bertz CT molecular complexity index is 782. The molecule has 2 N–H and O–H groups in total. The van der Waals surface area contributed by atoms with Crippen molar-refractivity contribution in [3.05, 3.63) is 29.6 Å². The molecule has 1 aromatic rings. The molecule has 0 radical (unpaired) electrons. The van der Waals surface area contributed by atoms with Gasteiger partial charge in [0.15, 0.2) is 0 Å². The van der Waals surface area contributed by atoms with Gasteiger partial charge in [0.05, 0.1) is 5.69 Å². The molecule has 0 atom stereocenters. The summed E-state index contributed by atoms with van der Waals surface area (Å²) in [4.78, 5) is 27.6. The summed E-state index contributed by atoms with van der Waals surface area (Å²) in [5.74, 6) is -5.51. The van der Waals surface area contributed by atoms with E-state index >= 15 is 0 Å². The van der Waals surface area contributed by atoms with Gasteiger partial charge in [0, 0.05) is 30.7 Å². The van der Waals surface area contributed by atoms with Crippen molar-refractivity contribution in [2.75, 3.05) is 26.7 Å². The molecule has 3 heterocycles. The van der Waals surface area contributed by atoms with Crippen LogP contribution in [-0.4, -0.2) is 82.0 Å². The predicted octanol–water partition coefficient (Wildman–Crippen LogP) is 3.54. The van der Waals surface area contributed by atoms with E-state index in [9.17, 15) is 26.3 Å². The zero-order chi connectivity index (χ0) is 25.6. The Labute approximate surface area is 187 Å². The number of rotatable bonds is 1. The highest BCUT2D eigenvalue weighted by Gasteiger charge is 2.42. The number of aliphatic carboxylic acids is 2. The highest BCUT2D eigenvalue weighted by Crippen LogP contribution is 2.40. The maximum atomic E-state index is 10.6. The molecule has 2 aliphatic rings. The van der Waals surface area contributed by atoms with E-state index in [0.29, 0.717) is 11.5 Å². The van der Waals surface area contributed by atoms with Crippen molar-refractivity contribution in [1.29, 1.82) is 0 Å². The molecule has 0 bridgehead atoms. The van der Waals surface area contributed by atoms with Crippen molar-refractivity contribution < 1.29 is 46.1 Å². The van der Waals surface area contributed by atoms with Gasteiger partial charge in [0.1, 0.15) is 0 Å². The molecule has 2 aliphatic heterocycles. The number of halogens is 6. The second-order valence-corrected chi connectivity index (χ2v) is 8.20. The zero-order valence-corrected chi connectivity index (χ0v) is 18.4. The number of carboxylic acids is 2. The number of likely N-dealkylation sites (tertiary alicyclic amines) is 1. The Morgan fingerprint density at radius 1 is 1.03 bits per heavy atom. The van der Waals surface area contributed by atoms with E-state index in [2.05, 4.69) is 42.8 Å². The number of nitrogens with zero attached hydrogens (tertiary/aromatic N) is 3. The van der Waals surface area contributed by atoms with Crippen molar-refractivity contribution >= 4 is 11.9 Å². The molecule has 33 heavy (non-hydrogen) atoms. The summed E-state index contributed by atoms with van der Waals surface area (Å²) in [5.41, 5.74) is 3.13. The molecule has 1 saturated heterocycles. The average molecular weight is 487 g/mol. The Kier molecular flexibility index (Phi) is 9.66. The van der Waals surface area contributed by atoms with E-state index in [-0.39, 0.29) is 0 Å². The van der Waals surface area contributed by atoms with Crippen molar-refractivity contribution in [2.45, 2.75) is 57.0 Å². The Morgan fingerprint density at radius 3 is 1.88 bits per heavy atom. The fraction of sp³-hybridized carbons (Fsp3) is 0.650. The summed E-state index contributed by atoms with van der Waals surface area (Å²) < 4.78 is 63.5. The summed E-state index contributed by atoms with van der Waals surface area (Å²) >= 11 is 0. The van der Waals surface area contributed by atoms with Crippen LogP contribution in [0, 0.1) is 0 Å². The van der Waals surface area contributed by atoms with Crippen LogP contribution in [0.5, 0.6) is 0 Å². The summed E-state index contributed by atoms with van der Waals surface area (Å²) in [5, 5.41) is 14.2. The summed E-state index contributed by atoms with van der Waals surface area (Å²) in [7, 11) is 2.24. The molecule has 188 valence electrons. The lowest BCUT2D eigenvalue weighted by molar-refractivity contribution is -0.193. The van der Waals surface area contributed by atoms with Crippen LogP contribution >= 0.6 is 0 Å². The SMILES string of the molecule is CC(C)N1CCC2(CC1)CN(C)Cc1cccnc12.O=C(O)C(F)(F)F.O=C(O)C(F)(F)F. The van der Waals surface area contributed by atoms with E-state index < -0.39 is 24.3 Å². The normalized spacial score (nSPS) is 18.5. The van der Waals surface area contributed by atoms with E-state index in [0.717, 1.165) is 6.54 Å². The second kappa shape index (κ2) is 11.1. The molecule has 0 aliphatic carbocycles. The van der Waals surface area contributed by atoms with Gasteiger partial charge in [-0.2, -0.15) is 26.3 Å². The second-order valence-electron chi connectivity index (χ2n) is 8.20. The predicted molar refractivity (Wildman–Crippen MR) is 106 cm³/mol. The molecule has 0 unspecified atom stereocenters. The van der Waals surface area contributed by atoms with E-state index in [4.69, 9.17) is 24.8 Å². The number of hydrogen-bond acceptors (Lipinski definition) is 5. The number of carboxylic acid groups (broad SMARTS) is 2. The van der Waals surface area contributed by atoms with Gasteiger partial charge in [-0.15, -0.1) is 0 Å². The van der Waals surface area contributed by atoms with Gasteiger partial charge in [0.2, 0.25) is 0 Å². The number of fused-ring (bicyclic) bond motifs is 2. The summed E-state index contributed by atoms with van der Waals surface area (Å²) in [6.45, 7) is 9.25. The van der Waals surface area contributed by atoms with E-state index in [1.165, 1.54) is 43.7 Å². The molecule has 0 aromatic carbocycles. The molecule has 0 amide bonds. The molecule has 1 fully saturated rings. The molecule has 0 saturated carbocycles. The first-order valence-electron chi connectivity index (χ1n) is 9.97. The Hall–Kier alpha value is -2.41. The van der Waals surface area contributed by atoms with Crippen LogP contribution in [0.15, 0.2) is 18.3 Å². The Morgan fingerprint density at radius 2 is 1.48 bits per heavy atom. The lowest BCUT2D eigenvalue weighted by Crippen LogP contribution is -2.52. The van der Waals surface area contributed by atoms with E-state index in [1.807, 2.05) is 6.20 Å². The van der Waals surface area contributed by atoms with E-state index in [1.54, 1.807) is 0 Å². The van der Waals surface area contributed by atoms with Gasteiger partial charge >= 0.3 is 24.3 Å². The minimum atomic E-state index is -5.08. The first kappa shape index (κ1) is 28.6. The van der Waals surface area contributed by atoms with Crippen LogP contribution in [0.3, 0.4) is 0 Å². The molecule has 3 rings (SSSR count). The number of piperidine rings is 1. The highest BCUT2D eigenvalue weighted by atomic mass is 19.4. The maximum Gasteiger partial charge on any atom is 0.490 e. The fourth-order valence-corrected chi connectivity index (χ4v) is 3.85. The number of hydrogen-bond donors (Lipinski definition) is 2. The lowest BCUT2D eigenvalue weighted by atomic mass is 9.71. The van der Waals surface area contributed by atoms with Gasteiger partial charge in [-0.3, -0.25) is 4.98 Å². The van der Waals surface area contributed by atoms with Crippen LogP contribution in [0.2, 0.25) is 0 Å². The molecule has 13 heteroatoms. The molecular formula is C20H27F6N3O4. The zero-order valence-electron chi connectivity index (χ0n) is 18.4. The standard InChI is InChI=1S/C16H25N3.2C2HF3O2/c1-13(2)19-9-6-16(7-10-19)12-18(3)11-14-5-4-8-17-15(14)16;2*3-2(4,5)1(6)7/h4-5,8,13H,6-7,9-12H2,1-3H3;2*(H,6,7). The fourth-order valence-electron chi connectivity index (χ4n) is 3.85. The van der Waals surface area contributed by atoms with Crippen molar-refractivity contribution in [1.82, 2.24) is 14.8 Å². The molecule has 1 aromatic heterocycles. The average Bonchev–Trinajstić information content (AvgIpc) is 2.67. The van der Waals surface area contributed by atoms with Crippen LogP contribution in [0.4, 0.5) is 26.3 Å². The third-order valence-corrected chi connectivity index (χ3v) is 5.38. The lowest BCUT2D eigenvalue weighted by Gasteiger charge is -2.47. The summed E-state index contributed by atoms with van der Waals surface area (Å²) in [6.07, 6.45) is -5.69. The maximum absolute atomic E-state index is 10.6. The van der Waals surface area contributed by atoms with Crippen molar-refractivity contribution in [3.8, 4) is 0 Å². The largest absolute Gasteiger partial charge is 0.490 e. The van der Waals surface area contributed by atoms with Gasteiger partial charge < -0.3 is 20.0 Å². The van der Waals surface area contributed by atoms with Crippen LogP contribution in [0.1, 0.15) is 37.9 Å². The number of likely N-dealkylation sites (N-methyl/N-ethyl adjacent to an activating group) is 1. The first-order valence-corrected chi connectivity index (χ1v) is 9.97. The third-order valence-electron chi connectivity index (χ3n) is 5.38. The van der Waals surface area contributed by atoms with Gasteiger partial charge in [0.25, 0.3) is 0 Å². The van der Waals surface area contributed by atoms with Gasteiger partial charge in [-0.25, -0.2) is 9.59 Å². The first-order chi connectivity index (χ1) is 15.0. The number of pyridine rings is 1. The van der Waals surface area contributed by atoms with Gasteiger partial charge in [-0.05, 0) is 58.5 Å². The topological polar surface area (TPSA) is 94.0 Å². The monoisotopic (exact) mass is 487 g/mol. The van der Waals surface area contributed by atoms with Crippen LogP contribution < -0.4 is 0 Å². The molecular weight excluding hydrogens is 460 g/mol. The summed E-state index contributed by atoms with van der Waals surface area (Å²) in [6, 6.07) is 5.01. The van der Waals surface area contributed by atoms with Crippen molar-refractivity contribution in [3.63, 3.8) is 0 Å². The number of carbonyl (C=O) groups is 2. The highest BCUT2D eigenvalue weighted by molar-refractivity contribution is 5.73. The van der Waals surface area contributed by atoms with Crippen LogP contribution in [0.25, 0.3) is 0 Å². The third kappa shape index (κ3) is 8.46. The number of aromatic nitrogens is 1. The quantitative estimate of drug-likeness (QED) is 0.586. The molecule has 1 spiro atoms. The smallest absolute Gasteiger partial charge is 0.475 e. The minimum absolute atomic E-state index is 0.301. The van der Waals surface area contributed by atoms with Crippen LogP contribution in [-0.2, 0) is 21.5 Å². The molecule has 7 nitrogen and oxygen atoms in total. The minimum Gasteiger partial charge on any atom is -0.475 e. The van der Waals surface area contributed by atoms with Crippen molar-refractivity contribution in [2.24, 2.45) is 0 Å². The number of alkyl halides is 6.